The van der Waals surface area contributed by atoms with Crippen LogP contribution in [0.5, 0.6) is 0 Å². The normalized spacial score (nSPS) is 43.7. The Morgan fingerprint density at radius 3 is 2.67 bits per heavy atom. The molecule has 0 aromatic rings. The molecule has 0 aliphatic heterocycles. The van der Waals surface area contributed by atoms with E-state index in [4.69, 9.17) is 5.73 Å². The molecule has 2 atom stereocenters. The molecule has 2 N–H and O–H groups in total. The molecule has 0 bridgehead atoms. The fraction of sp³-hybridized carbons (Fsp3) is 1.00. The second kappa shape index (κ2) is 2.25. The van der Waals surface area contributed by atoms with Crippen LogP contribution in [0.25, 0.3) is 0 Å². The highest BCUT2D eigenvalue weighted by molar-refractivity contribution is 4.90. The second-order valence-electron chi connectivity index (χ2n) is 3.29. The molecule has 0 aromatic carbocycles. The summed E-state index contributed by atoms with van der Waals surface area (Å²) < 4.78 is 12.3. The first kappa shape index (κ1) is 7.00. The van der Waals surface area contributed by atoms with Crippen LogP contribution in [0, 0.1) is 5.41 Å². The Balaban J connectivity index is 2.56. The maximum Gasteiger partial charge on any atom is 0.0962 e. The number of hydrogen-bond donors (Lipinski definition) is 1. The SMILES string of the molecule is CC1(CF)CCCC1N. The van der Waals surface area contributed by atoms with Gasteiger partial charge in [0.05, 0.1) is 6.67 Å². The van der Waals surface area contributed by atoms with E-state index < -0.39 is 0 Å². The molecular formula is C7H14FN. The van der Waals surface area contributed by atoms with Crippen molar-refractivity contribution >= 4 is 0 Å². The van der Waals surface area contributed by atoms with Crippen LogP contribution in [-0.4, -0.2) is 12.7 Å². The van der Waals surface area contributed by atoms with E-state index in [0.717, 1.165) is 19.3 Å². The molecule has 1 aliphatic carbocycles. The highest BCUT2D eigenvalue weighted by atomic mass is 19.1. The Labute approximate surface area is 55.4 Å². The number of hydrogen-bond acceptors (Lipinski definition) is 1. The van der Waals surface area contributed by atoms with Crippen molar-refractivity contribution in [3.63, 3.8) is 0 Å². The summed E-state index contributed by atoms with van der Waals surface area (Å²) >= 11 is 0. The third-order valence-corrected chi connectivity index (χ3v) is 2.46. The van der Waals surface area contributed by atoms with Gasteiger partial charge in [0.15, 0.2) is 0 Å². The molecule has 2 heteroatoms. The zero-order valence-corrected chi connectivity index (χ0v) is 5.86. The molecule has 1 fully saturated rings. The highest BCUT2D eigenvalue weighted by Gasteiger charge is 2.36. The van der Waals surface area contributed by atoms with Crippen molar-refractivity contribution in [2.45, 2.75) is 32.2 Å². The monoisotopic (exact) mass is 131 g/mol. The van der Waals surface area contributed by atoms with E-state index in [-0.39, 0.29) is 18.1 Å². The van der Waals surface area contributed by atoms with Gasteiger partial charge in [-0.25, -0.2) is 0 Å². The second-order valence-corrected chi connectivity index (χ2v) is 3.29. The third kappa shape index (κ3) is 1.08. The lowest BCUT2D eigenvalue weighted by Crippen LogP contribution is -2.35. The Bertz CT molecular complexity index is 105. The van der Waals surface area contributed by atoms with Gasteiger partial charge in [0, 0.05) is 11.5 Å². The summed E-state index contributed by atoms with van der Waals surface area (Å²) in [7, 11) is 0. The molecule has 1 aliphatic rings. The van der Waals surface area contributed by atoms with Crippen LogP contribution in [0.2, 0.25) is 0 Å². The summed E-state index contributed by atoms with van der Waals surface area (Å²) in [5.41, 5.74) is 5.49. The van der Waals surface area contributed by atoms with Crippen molar-refractivity contribution in [3.05, 3.63) is 0 Å². The van der Waals surface area contributed by atoms with Crippen molar-refractivity contribution in [2.24, 2.45) is 11.1 Å². The van der Waals surface area contributed by atoms with Crippen LogP contribution in [-0.2, 0) is 0 Å². The van der Waals surface area contributed by atoms with E-state index in [1.807, 2.05) is 6.92 Å². The Morgan fingerprint density at radius 2 is 2.44 bits per heavy atom. The summed E-state index contributed by atoms with van der Waals surface area (Å²) in [6, 6.07) is 0.0995. The van der Waals surface area contributed by atoms with E-state index >= 15 is 0 Å². The number of halogens is 1. The molecule has 0 radical (unpaired) electrons. The summed E-state index contributed by atoms with van der Waals surface area (Å²) in [5.74, 6) is 0. The zero-order chi connectivity index (χ0) is 6.91. The summed E-state index contributed by atoms with van der Waals surface area (Å²) in [6.45, 7) is 1.68. The lowest BCUT2D eigenvalue weighted by molar-refractivity contribution is 0.213. The van der Waals surface area contributed by atoms with Gasteiger partial charge in [0.2, 0.25) is 0 Å². The van der Waals surface area contributed by atoms with Gasteiger partial charge >= 0.3 is 0 Å². The van der Waals surface area contributed by atoms with Crippen LogP contribution >= 0.6 is 0 Å². The summed E-state index contributed by atoms with van der Waals surface area (Å²) in [4.78, 5) is 0. The maximum atomic E-state index is 12.3. The largest absolute Gasteiger partial charge is 0.327 e. The van der Waals surface area contributed by atoms with Crippen LogP contribution in [0.1, 0.15) is 26.2 Å². The Hall–Kier alpha value is -0.110. The molecule has 54 valence electrons. The Kier molecular flexibility index (Phi) is 1.75. The molecule has 0 amide bonds. The molecular weight excluding hydrogens is 117 g/mol. The summed E-state index contributed by atoms with van der Waals surface area (Å²) in [5, 5.41) is 0. The molecule has 1 nitrogen and oxygen atoms in total. The van der Waals surface area contributed by atoms with Gasteiger partial charge in [0.25, 0.3) is 0 Å². The minimum atomic E-state index is -0.256. The van der Waals surface area contributed by atoms with Crippen molar-refractivity contribution in [2.75, 3.05) is 6.67 Å². The van der Waals surface area contributed by atoms with Crippen LogP contribution in [0.3, 0.4) is 0 Å². The fourth-order valence-electron chi connectivity index (χ4n) is 1.43. The highest BCUT2D eigenvalue weighted by Crippen LogP contribution is 2.36. The standard InChI is InChI=1S/C7H14FN/c1-7(5-8)4-2-3-6(7)9/h6H,2-5,9H2,1H3. The minimum Gasteiger partial charge on any atom is -0.327 e. The van der Waals surface area contributed by atoms with Gasteiger partial charge in [0.1, 0.15) is 0 Å². The van der Waals surface area contributed by atoms with Gasteiger partial charge in [-0.3, -0.25) is 4.39 Å². The zero-order valence-electron chi connectivity index (χ0n) is 5.86. The molecule has 0 aromatic heterocycles. The first-order valence-electron chi connectivity index (χ1n) is 3.50. The number of alkyl halides is 1. The lowest BCUT2D eigenvalue weighted by atomic mass is 9.87. The quantitative estimate of drug-likeness (QED) is 0.573. The molecule has 1 rings (SSSR count). The predicted octanol–water partition coefficient (Wildman–Crippen LogP) is 1.47. The van der Waals surface area contributed by atoms with E-state index in [9.17, 15) is 4.39 Å². The van der Waals surface area contributed by atoms with Gasteiger partial charge in [-0.1, -0.05) is 13.3 Å². The maximum absolute atomic E-state index is 12.3. The number of rotatable bonds is 1. The minimum absolute atomic E-state index is 0.0995. The van der Waals surface area contributed by atoms with Crippen molar-refractivity contribution < 1.29 is 4.39 Å². The molecule has 0 saturated heterocycles. The molecule has 0 heterocycles. The first-order valence-corrected chi connectivity index (χ1v) is 3.50. The van der Waals surface area contributed by atoms with E-state index in [0.29, 0.717) is 0 Å². The van der Waals surface area contributed by atoms with Crippen LogP contribution in [0.4, 0.5) is 4.39 Å². The Morgan fingerprint density at radius 1 is 1.78 bits per heavy atom. The van der Waals surface area contributed by atoms with Crippen molar-refractivity contribution in [3.8, 4) is 0 Å². The summed E-state index contributed by atoms with van der Waals surface area (Å²) in [6.07, 6.45) is 3.06. The lowest BCUT2D eigenvalue weighted by Gasteiger charge is -2.24. The van der Waals surface area contributed by atoms with Crippen LogP contribution < -0.4 is 5.73 Å². The van der Waals surface area contributed by atoms with Gasteiger partial charge in [-0.15, -0.1) is 0 Å². The molecule has 0 spiro atoms. The van der Waals surface area contributed by atoms with E-state index in [1.54, 1.807) is 0 Å². The predicted molar refractivity (Wildman–Crippen MR) is 35.9 cm³/mol. The van der Waals surface area contributed by atoms with E-state index in [2.05, 4.69) is 0 Å². The average Bonchev–Trinajstić information content (AvgIpc) is 2.15. The van der Waals surface area contributed by atoms with Gasteiger partial charge in [-0.2, -0.15) is 0 Å². The smallest absolute Gasteiger partial charge is 0.0962 e. The molecule has 9 heavy (non-hydrogen) atoms. The van der Waals surface area contributed by atoms with Crippen molar-refractivity contribution in [1.82, 2.24) is 0 Å². The fourth-order valence-corrected chi connectivity index (χ4v) is 1.43. The first-order chi connectivity index (χ1) is 4.19. The topological polar surface area (TPSA) is 26.0 Å². The molecule has 1 saturated carbocycles. The van der Waals surface area contributed by atoms with Gasteiger partial charge in [-0.05, 0) is 12.8 Å². The molecule has 2 unspecified atom stereocenters. The van der Waals surface area contributed by atoms with Crippen LogP contribution in [0.15, 0.2) is 0 Å². The third-order valence-electron chi connectivity index (χ3n) is 2.46. The van der Waals surface area contributed by atoms with E-state index in [1.165, 1.54) is 0 Å². The average molecular weight is 131 g/mol. The number of nitrogens with two attached hydrogens (primary N) is 1. The van der Waals surface area contributed by atoms with Crippen molar-refractivity contribution in [1.29, 1.82) is 0 Å². The van der Waals surface area contributed by atoms with Gasteiger partial charge < -0.3 is 5.73 Å².